The maximum Gasteiger partial charge on any atom is 0.280 e. The van der Waals surface area contributed by atoms with E-state index in [4.69, 9.17) is 23.2 Å². The first-order valence-electron chi connectivity index (χ1n) is 5.58. The van der Waals surface area contributed by atoms with Crippen LogP contribution in [0.3, 0.4) is 0 Å². The molecule has 3 nitrogen and oxygen atoms in total. The predicted molar refractivity (Wildman–Crippen MR) is 77.4 cm³/mol. The van der Waals surface area contributed by atoms with Crippen LogP contribution in [0.2, 0.25) is 10.0 Å². The topological polar surface area (TPSA) is 34.9 Å². The van der Waals surface area contributed by atoms with Crippen LogP contribution >= 0.6 is 23.2 Å². The summed E-state index contributed by atoms with van der Waals surface area (Å²) in [7, 11) is 0. The summed E-state index contributed by atoms with van der Waals surface area (Å²) in [6, 6.07) is 12.5. The van der Waals surface area contributed by atoms with Crippen LogP contribution in [0.25, 0.3) is 16.6 Å². The highest BCUT2D eigenvalue weighted by Crippen LogP contribution is 2.23. The second-order valence-corrected chi connectivity index (χ2v) is 4.94. The Kier molecular flexibility index (Phi) is 3.01. The predicted octanol–water partition coefficient (Wildman–Crippen LogP) is 3.69. The van der Waals surface area contributed by atoms with Gasteiger partial charge in [0.05, 0.1) is 16.6 Å². The van der Waals surface area contributed by atoms with E-state index in [1.165, 1.54) is 6.33 Å². The van der Waals surface area contributed by atoms with E-state index in [1.807, 2.05) is 12.1 Å². The smallest absolute Gasteiger partial charge is 0.280 e. The van der Waals surface area contributed by atoms with E-state index in [1.54, 1.807) is 34.9 Å². The molecular weight excluding hydrogens is 283 g/mol. The maximum absolute atomic E-state index is 11.7. The largest absolute Gasteiger partial charge is 0.300 e. The van der Waals surface area contributed by atoms with Crippen molar-refractivity contribution in [2.75, 3.05) is 0 Å². The summed E-state index contributed by atoms with van der Waals surface area (Å²) in [6.45, 7) is 0. The summed E-state index contributed by atoms with van der Waals surface area (Å²) < 4.78 is 1.79. The van der Waals surface area contributed by atoms with Crippen LogP contribution in [0.4, 0.5) is 0 Å². The number of halogens is 2. The highest BCUT2D eigenvalue weighted by atomic mass is 35.5. The Morgan fingerprint density at radius 3 is 2.42 bits per heavy atom. The fraction of sp³-hybridized carbons (Fsp3) is 0. The molecule has 0 saturated carbocycles. The highest BCUT2D eigenvalue weighted by molar-refractivity contribution is 6.34. The van der Waals surface area contributed by atoms with Crippen molar-refractivity contribution in [2.45, 2.75) is 0 Å². The van der Waals surface area contributed by atoms with Gasteiger partial charge in [0.25, 0.3) is 5.56 Å². The van der Waals surface area contributed by atoms with E-state index in [0.29, 0.717) is 15.4 Å². The van der Waals surface area contributed by atoms with Gasteiger partial charge in [0.2, 0.25) is 0 Å². The molecule has 1 heterocycles. The van der Waals surface area contributed by atoms with Gasteiger partial charge in [-0.05, 0) is 30.3 Å². The number of nitrogens with zero attached hydrogens (tertiary/aromatic N) is 2. The molecule has 3 rings (SSSR count). The van der Waals surface area contributed by atoms with Gasteiger partial charge in [-0.15, -0.1) is 0 Å². The van der Waals surface area contributed by atoms with Gasteiger partial charge in [0.1, 0.15) is 6.33 Å². The van der Waals surface area contributed by atoms with E-state index in [9.17, 15) is 4.79 Å². The average Bonchev–Trinajstić information content (AvgIpc) is 2.38. The summed E-state index contributed by atoms with van der Waals surface area (Å²) >= 11 is 12.0. The van der Waals surface area contributed by atoms with Gasteiger partial charge >= 0.3 is 0 Å². The van der Waals surface area contributed by atoms with Crippen molar-refractivity contribution in [1.29, 1.82) is 0 Å². The fourth-order valence-electron chi connectivity index (χ4n) is 1.99. The van der Waals surface area contributed by atoms with Crippen molar-refractivity contribution in [3.8, 4) is 5.69 Å². The lowest BCUT2D eigenvalue weighted by Crippen LogP contribution is -2.11. The average molecular weight is 291 g/mol. The minimum absolute atomic E-state index is 0.250. The van der Waals surface area contributed by atoms with Crippen molar-refractivity contribution < 1.29 is 0 Å². The van der Waals surface area contributed by atoms with Crippen LogP contribution in [0.15, 0.2) is 53.6 Å². The molecule has 0 saturated heterocycles. The molecule has 3 aromatic rings. The zero-order valence-corrected chi connectivity index (χ0v) is 11.2. The van der Waals surface area contributed by atoms with Gasteiger partial charge in [0.15, 0.2) is 0 Å². The molecule has 0 N–H and O–H groups in total. The summed E-state index contributed by atoms with van der Waals surface area (Å²) in [6.07, 6.45) is 1.48. The van der Waals surface area contributed by atoms with Crippen LogP contribution in [0, 0.1) is 0 Å². The van der Waals surface area contributed by atoms with Gasteiger partial charge in [0, 0.05) is 10.0 Å². The lowest BCUT2D eigenvalue weighted by atomic mass is 10.2. The van der Waals surface area contributed by atoms with Crippen molar-refractivity contribution in [3.63, 3.8) is 0 Å². The lowest BCUT2D eigenvalue weighted by Gasteiger charge is -2.10. The number of benzene rings is 2. The third kappa shape index (κ3) is 2.23. The lowest BCUT2D eigenvalue weighted by molar-refractivity contribution is 1.02. The summed E-state index contributed by atoms with van der Waals surface area (Å²) in [4.78, 5) is 15.6. The second-order valence-electron chi connectivity index (χ2n) is 4.06. The SMILES string of the molecule is O=c1ncn(-c2cc(Cl)cc(Cl)c2)c2ccccc12. The van der Waals surface area contributed by atoms with Gasteiger partial charge in [-0.2, -0.15) is 4.98 Å². The molecule has 0 spiro atoms. The molecule has 94 valence electrons. The van der Waals surface area contributed by atoms with E-state index in [-0.39, 0.29) is 5.56 Å². The molecule has 19 heavy (non-hydrogen) atoms. The zero-order chi connectivity index (χ0) is 13.4. The van der Waals surface area contributed by atoms with Crippen molar-refractivity contribution >= 4 is 34.1 Å². The van der Waals surface area contributed by atoms with Gasteiger partial charge in [-0.1, -0.05) is 35.3 Å². The third-order valence-corrected chi connectivity index (χ3v) is 3.25. The third-order valence-electron chi connectivity index (χ3n) is 2.81. The quantitative estimate of drug-likeness (QED) is 0.685. The van der Waals surface area contributed by atoms with Crippen LogP contribution in [0.1, 0.15) is 0 Å². The number of rotatable bonds is 1. The molecular formula is C14H8Cl2N2O. The molecule has 0 atom stereocenters. The van der Waals surface area contributed by atoms with Gasteiger partial charge in [-0.3, -0.25) is 4.79 Å². The summed E-state index contributed by atoms with van der Waals surface area (Å²) in [5.74, 6) is 0. The first-order chi connectivity index (χ1) is 9.15. The molecule has 2 aromatic carbocycles. The van der Waals surface area contributed by atoms with E-state index >= 15 is 0 Å². The Labute approximate surface area is 119 Å². The molecule has 0 fully saturated rings. The summed E-state index contributed by atoms with van der Waals surface area (Å²) in [5, 5.41) is 1.62. The van der Waals surface area contributed by atoms with Crippen LogP contribution in [0.5, 0.6) is 0 Å². The molecule has 0 radical (unpaired) electrons. The first-order valence-corrected chi connectivity index (χ1v) is 6.33. The van der Waals surface area contributed by atoms with E-state index in [2.05, 4.69) is 4.98 Å². The van der Waals surface area contributed by atoms with E-state index in [0.717, 1.165) is 11.2 Å². The minimum Gasteiger partial charge on any atom is -0.300 e. The van der Waals surface area contributed by atoms with Crippen LogP contribution < -0.4 is 5.56 Å². The van der Waals surface area contributed by atoms with Crippen LogP contribution in [-0.2, 0) is 0 Å². The molecule has 0 aliphatic carbocycles. The molecule has 0 bridgehead atoms. The first kappa shape index (κ1) is 12.2. The second kappa shape index (κ2) is 4.68. The zero-order valence-electron chi connectivity index (χ0n) is 9.68. The number of hydrogen-bond acceptors (Lipinski definition) is 2. The number of hydrogen-bond donors (Lipinski definition) is 0. The normalized spacial score (nSPS) is 10.8. The molecule has 0 aliphatic heterocycles. The van der Waals surface area contributed by atoms with Crippen LogP contribution in [-0.4, -0.2) is 9.55 Å². The Hall–Kier alpha value is -1.84. The Bertz CT molecular complexity index is 807. The molecule has 0 aliphatic rings. The van der Waals surface area contributed by atoms with E-state index < -0.39 is 0 Å². The molecule has 0 amide bonds. The Morgan fingerprint density at radius 1 is 1.00 bits per heavy atom. The number of para-hydroxylation sites is 1. The monoisotopic (exact) mass is 290 g/mol. The van der Waals surface area contributed by atoms with Crippen molar-refractivity contribution in [1.82, 2.24) is 9.55 Å². The van der Waals surface area contributed by atoms with Crippen molar-refractivity contribution in [3.05, 3.63) is 69.2 Å². The maximum atomic E-state index is 11.7. The molecule has 0 unspecified atom stereocenters. The van der Waals surface area contributed by atoms with Gasteiger partial charge in [-0.25, -0.2) is 0 Å². The van der Waals surface area contributed by atoms with Gasteiger partial charge < -0.3 is 4.57 Å². The standard InChI is InChI=1S/C14H8Cl2N2O/c15-9-5-10(16)7-11(6-9)18-8-17-14(19)12-3-1-2-4-13(12)18/h1-8H. The molecule has 1 aromatic heterocycles. The number of aromatic nitrogens is 2. The Morgan fingerprint density at radius 2 is 1.68 bits per heavy atom. The number of fused-ring (bicyclic) bond motifs is 1. The van der Waals surface area contributed by atoms with Crippen molar-refractivity contribution in [2.24, 2.45) is 0 Å². The Balaban J connectivity index is 2.37. The fourth-order valence-corrected chi connectivity index (χ4v) is 2.51. The summed E-state index contributed by atoms with van der Waals surface area (Å²) in [5.41, 5.74) is 1.28. The minimum atomic E-state index is -0.250. The molecule has 5 heteroatoms. The highest BCUT2D eigenvalue weighted by Gasteiger charge is 2.06.